The van der Waals surface area contributed by atoms with Gasteiger partial charge in [-0.2, -0.15) is 0 Å². The molecule has 0 aromatic heterocycles. The fourth-order valence-corrected chi connectivity index (χ4v) is 2.65. The molecule has 0 radical (unpaired) electrons. The number of fused-ring (bicyclic) bond motifs is 1. The highest BCUT2D eigenvalue weighted by Gasteiger charge is 2.20. The summed E-state index contributed by atoms with van der Waals surface area (Å²) < 4.78 is 0. The second-order valence-electron chi connectivity index (χ2n) is 5.09. The summed E-state index contributed by atoms with van der Waals surface area (Å²) in [5.41, 5.74) is 4.50. The number of Topliss-reactive ketones (excluding diaryl/α,β-unsaturated/α-hetero) is 1. The van der Waals surface area contributed by atoms with Crippen molar-refractivity contribution >= 4 is 11.5 Å². The molecular weight excluding hydrogens is 234 g/mol. The molecule has 0 bridgehead atoms. The third-order valence-corrected chi connectivity index (χ3v) is 3.66. The third-order valence-electron chi connectivity index (χ3n) is 3.66. The Labute approximate surface area is 113 Å². The Morgan fingerprint density at radius 2 is 2.00 bits per heavy atom. The highest BCUT2D eigenvalue weighted by molar-refractivity contribution is 5.99. The van der Waals surface area contributed by atoms with Crippen LogP contribution in [-0.4, -0.2) is 18.9 Å². The van der Waals surface area contributed by atoms with E-state index in [1.165, 1.54) is 11.3 Å². The van der Waals surface area contributed by atoms with Crippen molar-refractivity contribution in [1.82, 2.24) is 0 Å². The molecule has 0 saturated heterocycles. The molecule has 1 aliphatic rings. The highest BCUT2D eigenvalue weighted by Crippen LogP contribution is 2.27. The van der Waals surface area contributed by atoms with E-state index in [-0.39, 0.29) is 5.78 Å². The predicted octanol–water partition coefficient (Wildman–Crippen LogP) is 3.24. The van der Waals surface area contributed by atoms with Crippen LogP contribution >= 0.6 is 0 Å². The van der Waals surface area contributed by atoms with Crippen molar-refractivity contribution in [2.75, 3.05) is 18.0 Å². The average Bonchev–Trinajstić information content (AvgIpc) is 2.82. The minimum atomic E-state index is 0.195. The Bertz CT molecular complexity index is 618. The van der Waals surface area contributed by atoms with E-state index in [0.29, 0.717) is 6.54 Å². The topological polar surface area (TPSA) is 20.3 Å². The van der Waals surface area contributed by atoms with E-state index < -0.39 is 0 Å². The molecule has 0 atom stereocenters. The second kappa shape index (κ2) is 4.88. The quantitative estimate of drug-likeness (QED) is 0.780. The Morgan fingerprint density at radius 3 is 2.84 bits per heavy atom. The third kappa shape index (κ3) is 2.39. The Balaban J connectivity index is 1.78. The van der Waals surface area contributed by atoms with Crippen molar-refractivity contribution in [2.45, 2.75) is 13.3 Å². The van der Waals surface area contributed by atoms with Gasteiger partial charge < -0.3 is 4.90 Å². The standard InChI is InChI=1S/C17H17NO/c1-13-5-4-7-15(11-13)17(19)12-18-10-9-14-6-2-3-8-16(14)18/h2-8,11H,9-10,12H2,1H3. The molecule has 3 rings (SSSR count). The van der Waals surface area contributed by atoms with E-state index in [1.54, 1.807) is 0 Å². The number of anilines is 1. The summed E-state index contributed by atoms with van der Waals surface area (Å²) >= 11 is 0. The van der Waals surface area contributed by atoms with Crippen LogP contribution in [0.5, 0.6) is 0 Å². The Kier molecular flexibility index (Phi) is 3.08. The number of hydrogen-bond donors (Lipinski definition) is 0. The number of ketones is 1. The van der Waals surface area contributed by atoms with Gasteiger partial charge in [0.1, 0.15) is 0 Å². The largest absolute Gasteiger partial charge is 0.363 e. The van der Waals surface area contributed by atoms with Crippen LogP contribution in [0.4, 0.5) is 5.69 Å². The maximum absolute atomic E-state index is 12.3. The molecule has 1 heterocycles. The molecular formula is C17H17NO. The molecule has 2 heteroatoms. The average molecular weight is 251 g/mol. The van der Waals surface area contributed by atoms with Crippen LogP contribution < -0.4 is 4.90 Å². The number of benzene rings is 2. The van der Waals surface area contributed by atoms with Crippen molar-refractivity contribution in [1.29, 1.82) is 0 Å². The first kappa shape index (κ1) is 12.0. The van der Waals surface area contributed by atoms with Crippen LogP contribution in [0.3, 0.4) is 0 Å². The summed E-state index contributed by atoms with van der Waals surface area (Å²) in [6, 6.07) is 16.2. The van der Waals surface area contributed by atoms with Gasteiger partial charge in [0.2, 0.25) is 0 Å². The molecule has 0 amide bonds. The first-order valence-corrected chi connectivity index (χ1v) is 6.67. The van der Waals surface area contributed by atoms with E-state index in [9.17, 15) is 4.79 Å². The van der Waals surface area contributed by atoms with Gasteiger partial charge in [0.15, 0.2) is 5.78 Å². The van der Waals surface area contributed by atoms with Crippen molar-refractivity contribution in [2.24, 2.45) is 0 Å². The Hall–Kier alpha value is -2.09. The van der Waals surface area contributed by atoms with Crippen LogP contribution in [0.1, 0.15) is 21.5 Å². The fraction of sp³-hybridized carbons (Fsp3) is 0.235. The minimum Gasteiger partial charge on any atom is -0.363 e. The maximum Gasteiger partial charge on any atom is 0.182 e. The zero-order chi connectivity index (χ0) is 13.2. The Morgan fingerprint density at radius 1 is 1.16 bits per heavy atom. The first-order valence-electron chi connectivity index (χ1n) is 6.67. The van der Waals surface area contributed by atoms with Crippen LogP contribution in [-0.2, 0) is 6.42 Å². The summed E-state index contributed by atoms with van der Waals surface area (Å²) in [4.78, 5) is 14.5. The SMILES string of the molecule is Cc1cccc(C(=O)CN2CCc3ccccc32)c1. The summed E-state index contributed by atoms with van der Waals surface area (Å²) in [7, 11) is 0. The molecule has 2 aromatic carbocycles. The van der Waals surface area contributed by atoms with Crippen LogP contribution in [0, 0.1) is 6.92 Å². The number of nitrogens with zero attached hydrogens (tertiary/aromatic N) is 1. The van der Waals surface area contributed by atoms with Crippen molar-refractivity contribution < 1.29 is 4.79 Å². The number of carbonyl (C=O) groups is 1. The normalized spacial score (nSPS) is 13.4. The van der Waals surface area contributed by atoms with E-state index in [2.05, 4.69) is 23.1 Å². The lowest BCUT2D eigenvalue weighted by Crippen LogP contribution is -2.28. The molecule has 0 fully saturated rings. The smallest absolute Gasteiger partial charge is 0.182 e. The summed E-state index contributed by atoms with van der Waals surface area (Å²) in [5, 5.41) is 0. The zero-order valence-electron chi connectivity index (χ0n) is 11.1. The van der Waals surface area contributed by atoms with E-state index >= 15 is 0 Å². The fourth-order valence-electron chi connectivity index (χ4n) is 2.65. The number of carbonyl (C=O) groups excluding carboxylic acids is 1. The van der Waals surface area contributed by atoms with Crippen LogP contribution in [0.25, 0.3) is 0 Å². The minimum absolute atomic E-state index is 0.195. The van der Waals surface area contributed by atoms with Crippen molar-refractivity contribution in [3.63, 3.8) is 0 Å². The molecule has 2 nitrogen and oxygen atoms in total. The van der Waals surface area contributed by atoms with Crippen LogP contribution in [0.15, 0.2) is 48.5 Å². The number of para-hydroxylation sites is 1. The predicted molar refractivity (Wildman–Crippen MR) is 77.9 cm³/mol. The molecule has 0 aliphatic carbocycles. The van der Waals surface area contributed by atoms with Crippen LogP contribution in [0.2, 0.25) is 0 Å². The van der Waals surface area contributed by atoms with E-state index in [1.807, 2.05) is 37.3 Å². The lowest BCUT2D eigenvalue weighted by molar-refractivity contribution is 0.0999. The van der Waals surface area contributed by atoms with E-state index in [0.717, 1.165) is 24.1 Å². The number of hydrogen-bond acceptors (Lipinski definition) is 2. The summed E-state index contributed by atoms with van der Waals surface area (Å²) in [6.45, 7) is 3.43. The van der Waals surface area contributed by atoms with Gasteiger partial charge in [-0.3, -0.25) is 4.79 Å². The van der Waals surface area contributed by atoms with Gasteiger partial charge in [0.25, 0.3) is 0 Å². The first-order chi connectivity index (χ1) is 9.24. The van der Waals surface area contributed by atoms with Gasteiger partial charge in [-0.25, -0.2) is 0 Å². The molecule has 0 spiro atoms. The van der Waals surface area contributed by atoms with Crippen molar-refractivity contribution in [3.8, 4) is 0 Å². The summed E-state index contributed by atoms with van der Waals surface area (Å²) in [5.74, 6) is 0.195. The van der Waals surface area contributed by atoms with Gasteiger partial charge in [-0.15, -0.1) is 0 Å². The van der Waals surface area contributed by atoms with Gasteiger partial charge in [-0.05, 0) is 31.0 Å². The second-order valence-corrected chi connectivity index (χ2v) is 5.09. The monoisotopic (exact) mass is 251 g/mol. The maximum atomic E-state index is 12.3. The molecule has 2 aromatic rings. The molecule has 19 heavy (non-hydrogen) atoms. The molecule has 1 aliphatic heterocycles. The van der Waals surface area contributed by atoms with Gasteiger partial charge in [-0.1, -0.05) is 42.0 Å². The molecule has 0 unspecified atom stereocenters. The van der Waals surface area contributed by atoms with Crippen molar-refractivity contribution in [3.05, 3.63) is 65.2 Å². The van der Waals surface area contributed by atoms with E-state index in [4.69, 9.17) is 0 Å². The summed E-state index contributed by atoms with van der Waals surface area (Å²) in [6.07, 6.45) is 1.04. The molecule has 96 valence electrons. The lowest BCUT2D eigenvalue weighted by atomic mass is 10.1. The lowest BCUT2D eigenvalue weighted by Gasteiger charge is -2.18. The van der Waals surface area contributed by atoms with Gasteiger partial charge in [0, 0.05) is 17.8 Å². The number of aryl methyl sites for hydroxylation is 1. The molecule has 0 saturated carbocycles. The highest BCUT2D eigenvalue weighted by atomic mass is 16.1. The molecule has 0 N–H and O–H groups in total. The van der Waals surface area contributed by atoms with Gasteiger partial charge in [0.05, 0.1) is 6.54 Å². The number of rotatable bonds is 3. The zero-order valence-corrected chi connectivity index (χ0v) is 11.1. The van der Waals surface area contributed by atoms with Gasteiger partial charge >= 0.3 is 0 Å².